The predicted octanol–water partition coefficient (Wildman–Crippen LogP) is 2.62. The molecule has 0 radical (unpaired) electrons. The molecule has 0 aliphatic carbocycles. The van der Waals surface area contributed by atoms with Crippen molar-refractivity contribution in [2.75, 3.05) is 6.54 Å². The van der Waals surface area contributed by atoms with Gasteiger partial charge in [-0.3, -0.25) is 0 Å². The maximum atomic E-state index is 13.0. The summed E-state index contributed by atoms with van der Waals surface area (Å²) in [4.78, 5) is -0.361. The van der Waals surface area contributed by atoms with Crippen LogP contribution in [0, 0.1) is 17.5 Å². The number of rotatable bonds is 5. The molecule has 2 aromatic carbocycles. The van der Waals surface area contributed by atoms with Crippen LogP contribution in [-0.4, -0.2) is 15.0 Å². The minimum Gasteiger partial charge on any atom is -0.211 e. The van der Waals surface area contributed by atoms with Crippen molar-refractivity contribution in [3.8, 4) is 0 Å². The third-order valence-electron chi connectivity index (χ3n) is 2.80. The molecule has 7 heteroatoms. The van der Waals surface area contributed by atoms with Crippen LogP contribution in [-0.2, 0) is 16.4 Å². The normalized spacial score (nSPS) is 11.6. The maximum Gasteiger partial charge on any atom is 0.240 e. The molecule has 0 heterocycles. The Kier molecular flexibility index (Phi) is 4.64. The summed E-state index contributed by atoms with van der Waals surface area (Å²) in [5.41, 5.74) is 0.628. The molecule has 2 rings (SSSR count). The molecule has 21 heavy (non-hydrogen) atoms. The summed E-state index contributed by atoms with van der Waals surface area (Å²) in [6, 6.07) is 8.10. The van der Waals surface area contributed by atoms with Crippen LogP contribution in [0.5, 0.6) is 0 Å². The van der Waals surface area contributed by atoms with E-state index in [1.54, 1.807) is 6.07 Å². The second-order valence-corrected chi connectivity index (χ2v) is 6.12. The first-order valence-electron chi connectivity index (χ1n) is 6.08. The molecule has 0 aliphatic heterocycles. The quantitative estimate of drug-likeness (QED) is 0.922. The number of hydrogen-bond donors (Lipinski definition) is 1. The summed E-state index contributed by atoms with van der Waals surface area (Å²) in [6.07, 6.45) is 0.278. The van der Waals surface area contributed by atoms with E-state index in [4.69, 9.17) is 0 Å². The van der Waals surface area contributed by atoms with Gasteiger partial charge in [0.1, 0.15) is 5.82 Å². The molecule has 0 aromatic heterocycles. The zero-order chi connectivity index (χ0) is 15.5. The van der Waals surface area contributed by atoms with Gasteiger partial charge in [0, 0.05) is 6.54 Å². The van der Waals surface area contributed by atoms with Crippen molar-refractivity contribution in [3.63, 3.8) is 0 Å². The van der Waals surface area contributed by atoms with Crippen molar-refractivity contribution < 1.29 is 21.6 Å². The lowest BCUT2D eigenvalue weighted by molar-refractivity contribution is 0.504. The zero-order valence-electron chi connectivity index (χ0n) is 10.8. The molecule has 0 spiro atoms. The molecule has 3 nitrogen and oxygen atoms in total. The molecule has 0 fully saturated rings. The van der Waals surface area contributed by atoms with Gasteiger partial charge in [0.05, 0.1) is 4.90 Å². The van der Waals surface area contributed by atoms with Crippen LogP contribution in [0.4, 0.5) is 13.2 Å². The highest BCUT2D eigenvalue weighted by atomic mass is 32.2. The van der Waals surface area contributed by atoms with Crippen LogP contribution in [0.2, 0.25) is 0 Å². The third kappa shape index (κ3) is 4.05. The van der Waals surface area contributed by atoms with E-state index in [1.807, 2.05) is 0 Å². The Hall–Kier alpha value is -1.86. The lowest BCUT2D eigenvalue weighted by Crippen LogP contribution is -2.26. The van der Waals surface area contributed by atoms with Crippen molar-refractivity contribution in [3.05, 3.63) is 65.5 Å². The standard InChI is InChI=1S/C14H12F3NO2S/c15-11-3-1-2-10(8-11)6-7-18-21(19,20)12-4-5-13(16)14(17)9-12/h1-5,8-9,18H,6-7H2. The van der Waals surface area contributed by atoms with Crippen LogP contribution in [0.1, 0.15) is 5.56 Å². The van der Waals surface area contributed by atoms with Crippen molar-refractivity contribution in [1.82, 2.24) is 4.72 Å². The molecule has 0 aliphatic rings. The van der Waals surface area contributed by atoms with E-state index in [-0.39, 0.29) is 17.9 Å². The highest BCUT2D eigenvalue weighted by Crippen LogP contribution is 2.13. The van der Waals surface area contributed by atoms with Gasteiger partial charge >= 0.3 is 0 Å². The summed E-state index contributed by atoms with van der Waals surface area (Å²) in [6.45, 7) is 0.0186. The highest BCUT2D eigenvalue weighted by molar-refractivity contribution is 7.89. The van der Waals surface area contributed by atoms with Crippen LogP contribution >= 0.6 is 0 Å². The molecule has 0 amide bonds. The van der Waals surface area contributed by atoms with Gasteiger partial charge < -0.3 is 0 Å². The molecule has 0 saturated heterocycles. The van der Waals surface area contributed by atoms with E-state index >= 15 is 0 Å². The average molecular weight is 315 g/mol. The van der Waals surface area contributed by atoms with Gasteiger partial charge in [0.15, 0.2) is 11.6 Å². The molecule has 112 valence electrons. The Morgan fingerprint density at radius 1 is 0.952 bits per heavy atom. The van der Waals surface area contributed by atoms with Crippen molar-refractivity contribution in [2.45, 2.75) is 11.3 Å². The fourth-order valence-electron chi connectivity index (χ4n) is 1.75. The van der Waals surface area contributed by atoms with Gasteiger partial charge in [-0.1, -0.05) is 12.1 Å². The number of halogens is 3. The van der Waals surface area contributed by atoms with Gasteiger partial charge in [-0.05, 0) is 42.3 Å². The zero-order valence-corrected chi connectivity index (χ0v) is 11.6. The largest absolute Gasteiger partial charge is 0.240 e. The summed E-state index contributed by atoms with van der Waals surface area (Å²) in [5, 5.41) is 0. The summed E-state index contributed by atoms with van der Waals surface area (Å²) in [5.74, 6) is -2.76. The Bertz CT molecular complexity index is 748. The van der Waals surface area contributed by atoms with Crippen LogP contribution in [0.3, 0.4) is 0 Å². The molecule has 0 bridgehead atoms. The van der Waals surface area contributed by atoms with Gasteiger partial charge in [-0.25, -0.2) is 26.3 Å². The summed E-state index contributed by atoms with van der Waals surface area (Å²) >= 11 is 0. The first-order valence-corrected chi connectivity index (χ1v) is 7.56. The SMILES string of the molecule is O=S(=O)(NCCc1cccc(F)c1)c1ccc(F)c(F)c1. The highest BCUT2D eigenvalue weighted by Gasteiger charge is 2.15. The van der Waals surface area contributed by atoms with Crippen molar-refractivity contribution >= 4 is 10.0 Å². The summed E-state index contributed by atoms with van der Waals surface area (Å²) < 4.78 is 64.8. The molecular formula is C14H12F3NO2S. The minimum absolute atomic E-state index is 0.0186. The van der Waals surface area contributed by atoms with E-state index in [9.17, 15) is 21.6 Å². The van der Waals surface area contributed by atoms with Crippen molar-refractivity contribution in [2.24, 2.45) is 0 Å². The second kappa shape index (κ2) is 6.28. The number of sulfonamides is 1. The van der Waals surface area contributed by atoms with Gasteiger partial charge in [0.25, 0.3) is 0 Å². The van der Waals surface area contributed by atoms with Crippen LogP contribution in [0.25, 0.3) is 0 Å². The maximum absolute atomic E-state index is 13.0. The topological polar surface area (TPSA) is 46.2 Å². The first-order chi connectivity index (χ1) is 9.88. The van der Waals surface area contributed by atoms with Gasteiger partial charge in [-0.2, -0.15) is 0 Å². The third-order valence-corrected chi connectivity index (χ3v) is 4.25. The Morgan fingerprint density at radius 3 is 2.38 bits per heavy atom. The fraction of sp³-hybridized carbons (Fsp3) is 0.143. The van der Waals surface area contributed by atoms with E-state index in [0.717, 1.165) is 12.1 Å². The van der Waals surface area contributed by atoms with Gasteiger partial charge in [-0.15, -0.1) is 0 Å². The molecular weight excluding hydrogens is 303 g/mol. The van der Waals surface area contributed by atoms with Crippen LogP contribution < -0.4 is 4.72 Å². The molecule has 1 N–H and O–H groups in total. The smallest absolute Gasteiger partial charge is 0.211 e. The van der Waals surface area contributed by atoms with E-state index < -0.39 is 27.5 Å². The molecule has 0 saturated carbocycles. The number of nitrogens with one attached hydrogen (secondary N) is 1. The van der Waals surface area contributed by atoms with E-state index in [2.05, 4.69) is 4.72 Å². The Balaban J connectivity index is 2.03. The van der Waals surface area contributed by atoms with Gasteiger partial charge in [0.2, 0.25) is 10.0 Å². The van der Waals surface area contributed by atoms with Crippen molar-refractivity contribution in [1.29, 1.82) is 0 Å². The number of hydrogen-bond acceptors (Lipinski definition) is 2. The lowest BCUT2D eigenvalue weighted by atomic mass is 10.1. The van der Waals surface area contributed by atoms with E-state index in [0.29, 0.717) is 11.6 Å². The molecule has 2 aromatic rings. The second-order valence-electron chi connectivity index (χ2n) is 4.35. The van der Waals surface area contributed by atoms with Crippen LogP contribution in [0.15, 0.2) is 47.4 Å². The monoisotopic (exact) mass is 315 g/mol. The molecule has 0 atom stereocenters. The Labute approximate surface area is 120 Å². The minimum atomic E-state index is -3.93. The fourth-order valence-corrected chi connectivity index (χ4v) is 2.79. The lowest BCUT2D eigenvalue weighted by Gasteiger charge is -2.07. The summed E-state index contributed by atoms with van der Waals surface area (Å²) in [7, 11) is -3.93. The van der Waals surface area contributed by atoms with E-state index in [1.165, 1.54) is 18.2 Å². The first kappa shape index (κ1) is 15.5. The predicted molar refractivity (Wildman–Crippen MR) is 71.7 cm³/mol. The average Bonchev–Trinajstić information content (AvgIpc) is 2.41. The number of benzene rings is 2. The Morgan fingerprint density at radius 2 is 1.71 bits per heavy atom. The molecule has 0 unspecified atom stereocenters.